The number of halogens is 2. The highest BCUT2D eigenvalue weighted by Crippen LogP contribution is 2.22. The van der Waals surface area contributed by atoms with Crippen LogP contribution < -0.4 is 0 Å². The Bertz CT molecular complexity index is 281. The fourth-order valence-corrected chi connectivity index (χ4v) is 1.52. The molecule has 0 aliphatic heterocycles. The average Bonchev–Trinajstić information content (AvgIpc) is 2.09. The molecule has 0 aromatic heterocycles. The Labute approximate surface area is 77.4 Å². The van der Waals surface area contributed by atoms with Gasteiger partial charge in [-0.05, 0) is 30.0 Å². The molecule has 12 heavy (non-hydrogen) atoms. The summed E-state index contributed by atoms with van der Waals surface area (Å²) in [6.45, 7) is 3.95. The van der Waals surface area contributed by atoms with Gasteiger partial charge in [-0.3, -0.25) is 0 Å². The summed E-state index contributed by atoms with van der Waals surface area (Å²) in [6, 6.07) is 3.51. The molecule has 0 radical (unpaired) electrons. The maximum absolute atomic E-state index is 13.3. The number of benzene rings is 1. The Morgan fingerprint density at radius 2 is 1.92 bits per heavy atom. The van der Waals surface area contributed by atoms with E-state index >= 15 is 0 Å². The van der Waals surface area contributed by atoms with Crippen molar-refractivity contribution >= 4 is 11.6 Å². The van der Waals surface area contributed by atoms with E-state index in [-0.39, 0.29) is 10.8 Å². The summed E-state index contributed by atoms with van der Waals surface area (Å²) in [5.41, 5.74) is 1.81. The van der Waals surface area contributed by atoms with Crippen molar-refractivity contribution in [1.29, 1.82) is 0 Å². The molecule has 0 amide bonds. The minimum Gasteiger partial charge on any atom is -0.205 e. The first kappa shape index (κ1) is 9.53. The summed E-state index contributed by atoms with van der Waals surface area (Å²) >= 11 is 5.65. The lowest BCUT2D eigenvalue weighted by molar-refractivity contribution is 0.609. The summed E-state index contributed by atoms with van der Waals surface area (Å²) in [7, 11) is 0. The van der Waals surface area contributed by atoms with Crippen molar-refractivity contribution in [2.45, 2.75) is 26.7 Å². The van der Waals surface area contributed by atoms with Crippen LogP contribution >= 0.6 is 11.6 Å². The Hall–Kier alpha value is -0.560. The number of hydrogen-bond acceptors (Lipinski definition) is 0. The van der Waals surface area contributed by atoms with E-state index < -0.39 is 0 Å². The van der Waals surface area contributed by atoms with Gasteiger partial charge in [0.25, 0.3) is 0 Å². The van der Waals surface area contributed by atoms with E-state index in [1.807, 2.05) is 19.9 Å². The molecule has 1 aromatic carbocycles. The number of rotatable bonds is 2. The molecule has 1 rings (SSSR count). The maximum atomic E-state index is 13.3. The topological polar surface area (TPSA) is 0 Å². The van der Waals surface area contributed by atoms with Crippen molar-refractivity contribution in [1.82, 2.24) is 0 Å². The summed E-state index contributed by atoms with van der Waals surface area (Å²) < 4.78 is 13.3. The molecule has 0 nitrogen and oxygen atoms in total. The van der Waals surface area contributed by atoms with Crippen molar-refractivity contribution in [3.8, 4) is 0 Å². The second kappa shape index (κ2) is 3.90. The smallest absolute Gasteiger partial charge is 0.145 e. The van der Waals surface area contributed by atoms with Crippen molar-refractivity contribution in [2.24, 2.45) is 0 Å². The van der Waals surface area contributed by atoms with Gasteiger partial charge < -0.3 is 0 Å². The number of hydrogen-bond donors (Lipinski definition) is 0. The highest BCUT2D eigenvalue weighted by atomic mass is 35.5. The third-order valence-electron chi connectivity index (χ3n) is 2.03. The molecule has 0 atom stereocenters. The zero-order valence-electron chi connectivity index (χ0n) is 7.32. The van der Waals surface area contributed by atoms with Gasteiger partial charge in [0.05, 0.1) is 5.02 Å². The highest BCUT2D eigenvalue weighted by Gasteiger charge is 2.08. The van der Waals surface area contributed by atoms with Gasteiger partial charge in [-0.25, -0.2) is 4.39 Å². The van der Waals surface area contributed by atoms with Crippen LogP contribution in [0.4, 0.5) is 4.39 Å². The van der Waals surface area contributed by atoms with Gasteiger partial charge in [0.2, 0.25) is 0 Å². The average molecular weight is 187 g/mol. The molecule has 0 saturated heterocycles. The third-order valence-corrected chi connectivity index (χ3v) is 2.32. The van der Waals surface area contributed by atoms with Crippen LogP contribution in [0.5, 0.6) is 0 Å². The summed E-state index contributed by atoms with van der Waals surface area (Å²) in [5, 5.41) is 0.226. The number of aryl methyl sites for hydroxylation is 1. The van der Waals surface area contributed by atoms with Gasteiger partial charge in [0.15, 0.2) is 0 Å². The Morgan fingerprint density at radius 1 is 1.25 bits per heavy atom. The first-order chi connectivity index (χ1) is 5.70. The molecule has 0 bridgehead atoms. The molecule has 0 unspecified atom stereocenters. The van der Waals surface area contributed by atoms with Crippen LogP contribution in [-0.2, 0) is 12.8 Å². The van der Waals surface area contributed by atoms with Gasteiger partial charge in [-0.2, -0.15) is 0 Å². The molecular weight excluding hydrogens is 175 g/mol. The second-order valence-electron chi connectivity index (χ2n) is 2.71. The van der Waals surface area contributed by atoms with E-state index in [4.69, 9.17) is 11.6 Å². The van der Waals surface area contributed by atoms with Gasteiger partial charge in [0, 0.05) is 0 Å². The molecule has 0 aliphatic rings. The first-order valence-corrected chi connectivity index (χ1v) is 4.54. The lowest BCUT2D eigenvalue weighted by atomic mass is 10.0. The van der Waals surface area contributed by atoms with Crippen LogP contribution in [0.2, 0.25) is 5.02 Å². The van der Waals surface area contributed by atoms with Gasteiger partial charge in [-0.1, -0.05) is 31.5 Å². The maximum Gasteiger partial charge on any atom is 0.145 e. The van der Waals surface area contributed by atoms with Crippen molar-refractivity contribution in [3.05, 3.63) is 34.1 Å². The molecule has 0 spiro atoms. The highest BCUT2D eigenvalue weighted by molar-refractivity contribution is 6.30. The van der Waals surface area contributed by atoms with Gasteiger partial charge in [0.1, 0.15) is 5.82 Å². The molecule has 0 saturated carbocycles. The van der Waals surface area contributed by atoms with Crippen molar-refractivity contribution < 1.29 is 4.39 Å². The van der Waals surface area contributed by atoms with Crippen molar-refractivity contribution in [2.75, 3.05) is 0 Å². The third kappa shape index (κ3) is 1.61. The predicted octanol–water partition coefficient (Wildman–Crippen LogP) is 3.60. The second-order valence-corrected chi connectivity index (χ2v) is 3.11. The normalized spacial score (nSPS) is 10.3. The minimum atomic E-state index is -0.251. The zero-order valence-corrected chi connectivity index (χ0v) is 8.08. The van der Waals surface area contributed by atoms with Crippen LogP contribution in [0.25, 0.3) is 0 Å². The largest absolute Gasteiger partial charge is 0.205 e. The molecule has 1 aromatic rings. The van der Waals surface area contributed by atoms with Crippen LogP contribution in [0.1, 0.15) is 25.0 Å². The molecule has 0 N–H and O–H groups in total. The summed E-state index contributed by atoms with van der Waals surface area (Å²) in [4.78, 5) is 0. The molecule has 2 heteroatoms. The van der Waals surface area contributed by atoms with E-state index in [9.17, 15) is 4.39 Å². The van der Waals surface area contributed by atoms with Crippen LogP contribution in [0, 0.1) is 5.82 Å². The molecule has 0 heterocycles. The Balaban J connectivity index is 3.25. The fraction of sp³-hybridized carbons (Fsp3) is 0.400. The van der Waals surface area contributed by atoms with E-state index in [1.165, 1.54) is 0 Å². The van der Waals surface area contributed by atoms with Crippen LogP contribution in [0.15, 0.2) is 12.1 Å². The minimum absolute atomic E-state index is 0.226. The lowest BCUT2D eigenvalue weighted by Gasteiger charge is -2.07. The first-order valence-electron chi connectivity index (χ1n) is 4.16. The van der Waals surface area contributed by atoms with E-state index in [2.05, 4.69) is 0 Å². The van der Waals surface area contributed by atoms with E-state index in [0.29, 0.717) is 6.42 Å². The van der Waals surface area contributed by atoms with Crippen LogP contribution in [-0.4, -0.2) is 0 Å². The van der Waals surface area contributed by atoms with Crippen LogP contribution in [0.3, 0.4) is 0 Å². The molecule has 66 valence electrons. The predicted molar refractivity (Wildman–Crippen MR) is 50.2 cm³/mol. The Morgan fingerprint density at radius 3 is 2.42 bits per heavy atom. The van der Waals surface area contributed by atoms with E-state index in [0.717, 1.165) is 17.5 Å². The Kier molecular flexibility index (Phi) is 3.10. The standard InChI is InChI=1S/C10H12ClF/c1-3-7-5-6-9(11)10(12)8(7)4-2/h5-6H,3-4H2,1-2H3. The quantitative estimate of drug-likeness (QED) is 0.662. The molecule has 0 aliphatic carbocycles. The summed E-state index contributed by atoms with van der Waals surface area (Å²) in [5.74, 6) is -0.251. The van der Waals surface area contributed by atoms with Gasteiger partial charge in [-0.15, -0.1) is 0 Å². The van der Waals surface area contributed by atoms with Crippen molar-refractivity contribution in [3.63, 3.8) is 0 Å². The SMILES string of the molecule is CCc1ccc(Cl)c(F)c1CC. The monoisotopic (exact) mass is 186 g/mol. The molecular formula is C10H12ClF. The lowest BCUT2D eigenvalue weighted by Crippen LogP contribution is -1.95. The zero-order chi connectivity index (χ0) is 9.14. The fourth-order valence-electron chi connectivity index (χ4n) is 1.35. The van der Waals surface area contributed by atoms with Gasteiger partial charge >= 0.3 is 0 Å². The van der Waals surface area contributed by atoms with E-state index in [1.54, 1.807) is 6.07 Å². The summed E-state index contributed by atoms with van der Waals surface area (Å²) in [6.07, 6.45) is 1.56. The molecule has 0 fully saturated rings.